The van der Waals surface area contributed by atoms with Crippen LogP contribution < -0.4 is 0 Å². The monoisotopic (exact) mass is 704 g/mol. The maximum Gasteiger partial charge on any atom is 0.344 e. The molecule has 4 rings (SSSR count). The highest BCUT2D eigenvalue weighted by Gasteiger charge is 2.60. The first kappa shape index (κ1) is 40.1. The molecule has 4 fully saturated rings. The quantitative estimate of drug-likeness (QED) is 0.148. The first-order valence-electron chi connectivity index (χ1n) is 19.1. The average Bonchev–Trinajstić information content (AvgIpc) is 3.36. The second kappa shape index (κ2) is 15.9. The van der Waals surface area contributed by atoms with Gasteiger partial charge in [0.2, 0.25) is 0 Å². The van der Waals surface area contributed by atoms with E-state index in [1.54, 1.807) is 41.5 Å². The Morgan fingerprint density at radius 1 is 0.640 bits per heavy atom. The fourth-order valence-corrected chi connectivity index (χ4v) is 10.5. The van der Waals surface area contributed by atoms with Crippen LogP contribution in [-0.4, -0.2) is 60.4 Å². The van der Waals surface area contributed by atoms with Crippen LogP contribution in [0.5, 0.6) is 0 Å². The van der Waals surface area contributed by atoms with E-state index in [1.165, 1.54) is 32.1 Å². The molecule has 4 aliphatic carbocycles. The molecule has 284 valence electrons. The molecule has 9 atom stereocenters. The van der Waals surface area contributed by atoms with Crippen LogP contribution in [0.2, 0.25) is 0 Å². The van der Waals surface area contributed by atoms with E-state index in [-0.39, 0.29) is 42.4 Å². The van der Waals surface area contributed by atoms with Gasteiger partial charge in [0.05, 0.1) is 12.8 Å². The molecule has 10 heteroatoms. The van der Waals surface area contributed by atoms with Crippen molar-refractivity contribution in [2.45, 2.75) is 163 Å². The highest BCUT2D eigenvalue weighted by Crippen LogP contribution is 2.68. The zero-order valence-electron chi connectivity index (χ0n) is 32.2. The number of fused-ring (bicyclic) bond motifs is 5. The normalized spacial score (nSPS) is 32.7. The highest BCUT2D eigenvalue weighted by molar-refractivity contribution is 5.80. The van der Waals surface area contributed by atoms with Crippen LogP contribution in [0.15, 0.2) is 0 Å². The molecule has 0 radical (unpaired) electrons. The molecular weight excluding hydrogens is 640 g/mol. The summed E-state index contributed by atoms with van der Waals surface area (Å²) in [5, 5.41) is 0. The fraction of sp³-hybridized carbons (Fsp3) is 0.875. The minimum Gasteiger partial charge on any atom is -0.462 e. The summed E-state index contributed by atoms with van der Waals surface area (Å²) >= 11 is 0. The summed E-state index contributed by atoms with van der Waals surface area (Å²) < 4.78 is 26.5. The van der Waals surface area contributed by atoms with Crippen molar-refractivity contribution in [1.82, 2.24) is 0 Å². The van der Waals surface area contributed by atoms with Gasteiger partial charge in [-0.05, 0) is 152 Å². The molecular formula is C40H64O10. The molecule has 0 aromatic heterocycles. The lowest BCUT2D eigenvalue weighted by Gasteiger charge is -2.61. The minimum absolute atomic E-state index is 0.0661. The molecule has 0 N–H and O–H groups in total. The third-order valence-corrected chi connectivity index (χ3v) is 12.6. The van der Waals surface area contributed by atoms with E-state index >= 15 is 0 Å². The van der Waals surface area contributed by atoms with E-state index < -0.39 is 41.7 Å². The minimum atomic E-state index is -0.660. The smallest absolute Gasteiger partial charge is 0.344 e. The van der Waals surface area contributed by atoms with E-state index in [4.69, 9.17) is 23.7 Å². The number of carbonyl (C=O) groups excluding carboxylic acids is 5. The van der Waals surface area contributed by atoms with Crippen molar-refractivity contribution >= 4 is 29.8 Å². The first-order valence-corrected chi connectivity index (χ1v) is 19.1. The first-order chi connectivity index (χ1) is 23.2. The number of ether oxygens (including phenoxy) is 5. The molecule has 0 spiro atoms. The van der Waals surface area contributed by atoms with Crippen molar-refractivity contribution in [3.63, 3.8) is 0 Å². The van der Waals surface area contributed by atoms with Crippen LogP contribution in [0, 0.1) is 46.3 Å². The van der Waals surface area contributed by atoms with Gasteiger partial charge in [0.25, 0.3) is 0 Å². The summed E-state index contributed by atoms with van der Waals surface area (Å²) in [6.07, 6.45) is 10.8. The molecule has 4 saturated carbocycles. The Bertz CT molecular complexity index is 1250. The summed E-state index contributed by atoms with van der Waals surface area (Å²) in [7, 11) is 0. The second-order valence-electron chi connectivity index (χ2n) is 18.3. The Morgan fingerprint density at radius 2 is 1.18 bits per heavy atom. The Kier molecular flexibility index (Phi) is 12.8. The molecule has 0 bridgehead atoms. The van der Waals surface area contributed by atoms with Crippen molar-refractivity contribution < 1.29 is 47.7 Å². The summed E-state index contributed by atoms with van der Waals surface area (Å²) in [4.78, 5) is 61.0. The van der Waals surface area contributed by atoms with E-state index in [0.717, 1.165) is 32.1 Å². The van der Waals surface area contributed by atoms with Gasteiger partial charge in [-0.2, -0.15) is 0 Å². The van der Waals surface area contributed by atoms with E-state index in [9.17, 15) is 24.0 Å². The van der Waals surface area contributed by atoms with Crippen molar-refractivity contribution in [3.8, 4) is 0 Å². The molecule has 10 nitrogen and oxygen atoms in total. The van der Waals surface area contributed by atoms with Crippen LogP contribution in [0.25, 0.3) is 0 Å². The molecule has 0 heterocycles. The number of rotatable bonds is 12. The van der Waals surface area contributed by atoms with Gasteiger partial charge >= 0.3 is 29.8 Å². The second-order valence-corrected chi connectivity index (χ2v) is 18.3. The summed E-state index contributed by atoms with van der Waals surface area (Å²) in [5.74, 6) is 1.07. The molecule has 0 aromatic rings. The van der Waals surface area contributed by atoms with Gasteiger partial charge in [-0.3, -0.25) is 14.4 Å². The van der Waals surface area contributed by atoms with Crippen LogP contribution in [0.3, 0.4) is 0 Å². The molecule has 0 aliphatic heterocycles. The third kappa shape index (κ3) is 10.2. The van der Waals surface area contributed by atoms with E-state index in [0.29, 0.717) is 41.9 Å². The topological polar surface area (TPSA) is 132 Å². The van der Waals surface area contributed by atoms with Gasteiger partial charge in [0.1, 0.15) is 17.3 Å². The maximum absolute atomic E-state index is 12.7. The largest absolute Gasteiger partial charge is 0.462 e. The van der Waals surface area contributed by atoms with Gasteiger partial charge < -0.3 is 23.7 Å². The van der Waals surface area contributed by atoms with E-state index in [2.05, 4.69) is 20.8 Å². The van der Waals surface area contributed by atoms with Crippen molar-refractivity contribution in [2.75, 3.05) is 13.2 Å². The van der Waals surface area contributed by atoms with Gasteiger partial charge in [-0.1, -0.05) is 20.8 Å². The van der Waals surface area contributed by atoms with Crippen LogP contribution in [-0.2, 0) is 47.7 Å². The zero-order valence-corrected chi connectivity index (χ0v) is 32.2. The van der Waals surface area contributed by atoms with Crippen LogP contribution in [0.4, 0.5) is 0 Å². The summed E-state index contributed by atoms with van der Waals surface area (Å²) in [5.41, 5.74) is -0.762. The SMILES string of the molecule is CC(CCC(=O)OCC(=O)OC(C)(C)C)C1CCC2C3CCC4CC(OC(=O)CCC(=O)OCC(=O)OC(C)(C)C)CCC4(C)C3CCC12C. The Labute approximate surface area is 299 Å². The lowest BCUT2D eigenvalue weighted by Crippen LogP contribution is -2.54. The number of hydrogen-bond donors (Lipinski definition) is 0. The standard InChI is InChI=1S/C40H64O10/c1-25(10-15-32(41)46-23-35(44)49-37(2,3)4)29-13-14-30-28-12-11-26-22-27(18-20-39(26,8)31(28)19-21-40(29,30)9)48-34(43)17-16-33(42)47-24-36(45)50-38(5,6)7/h25-31H,10-24H2,1-9H3. The van der Waals surface area contributed by atoms with Crippen molar-refractivity contribution in [2.24, 2.45) is 46.3 Å². The van der Waals surface area contributed by atoms with Crippen LogP contribution >= 0.6 is 0 Å². The number of carbonyl (C=O) groups is 5. The van der Waals surface area contributed by atoms with Gasteiger partial charge in [0, 0.05) is 6.42 Å². The zero-order chi connectivity index (χ0) is 37.1. The number of esters is 5. The van der Waals surface area contributed by atoms with Gasteiger partial charge in [-0.15, -0.1) is 0 Å². The predicted octanol–water partition coefficient (Wildman–Crippen LogP) is 7.52. The molecule has 0 saturated heterocycles. The maximum atomic E-state index is 12.7. The highest BCUT2D eigenvalue weighted by atomic mass is 16.6. The molecule has 0 amide bonds. The molecule has 50 heavy (non-hydrogen) atoms. The average molecular weight is 705 g/mol. The lowest BCUT2D eigenvalue weighted by molar-refractivity contribution is -0.168. The summed E-state index contributed by atoms with van der Waals surface area (Å²) in [6.45, 7) is 17.1. The van der Waals surface area contributed by atoms with Crippen LogP contribution in [0.1, 0.15) is 146 Å². The molecule has 9 unspecified atom stereocenters. The fourth-order valence-electron chi connectivity index (χ4n) is 10.5. The third-order valence-electron chi connectivity index (χ3n) is 12.6. The Balaban J connectivity index is 1.22. The predicted molar refractivity (Wildman–Crippen MR) is 186 cm³/mol. The number of hydrogen-bond acceptors (Lipinski definition) is 10. The summed E-state index contributed by atoms with van der Waals surface area (Å²) in [6, 6.07) is 0. The Hall–Kier alpha value is -2.65. The molecule has 4 aliphatic rings. The lowest BCUT2D eigenvalue weighted by atomic mass is 9.44. The van der Waals surface area contributed by atoms with Crippen molar-refractivity contribution in [3.05, 3.63) is 0 Å². The van der Waals surface area contributed by atoms with Crippen molar-refractivity contribution in [1.29, 1.82) is 0 Å². The van der Waals surface area contributed by atoms with Gasteiger partial charge in [0.15, 0.2) is 13.2 Å². The molecule has 0 aromatic carbocycles. The van der Waals surface area contributed by atoms with E-state index in [1.807, 2.05) is 0 Å². The van der Waals surface area contributed by atoms with Gasteiger partial charge in [-0.25, -0.2) is 9.59 Å². The Morgan fingerprint density at radius 3 is 1.78 bits per heavy atom.